The number of hydrogen-bond acceptors (Lipinski definition) is 3. The Balaban J connectivity index is 2.25. The van der Waals surface area contributed by atoms with Gasteiger partial charge in [-0.25, -0.2) is 0 Å². The van der Waals surface area contributed by atoms with E-state index in [0.29, 0.717) is 5.92 Å². The van der Waals surface area contributed by atoms with Gasteiger partial charge in [-0.15, -0.1) is 11.3 Å². The van der Waals surface area contributed by atoms with Crippen LogP contribution < -0.4 is 11.1 Å². The van der Waals surface area contributed by atoms with Gasteiger partial charge in [0.25, 0.3) is 0 Å². The third-order valence-corrected chi connectivity index (χ3v) is 2.82. The molecule has 0 saturated carbocycles. The fourth-order valence-electron chi connectivity index (χ4n) is 1.02. The second kappa shape index (κ2) is 5.17. The lowest BCUT2D eigenvalue weighted by molar-refractivity contribution is 0.549. The van der Waals surface area contributed by atoms with E-state index in [4.69, 9.17) is 5.73 Å². The number of nitrogens with one attached hydrogen (secondary N) is 1. The van der Waals surface area contributed by atoms with Gasteiger partial charge in [0.2, 0.25) is 0 Å². The molecule has 68 valence electrons. The molecule has 3 heteroatoms. The Bertz CT molecular complexity index is 192. The van der Waals surface area contributed by atoms with Gasteiger partial charge in [0.05, 0.1) is 5.00 Å². The second-order valence-electron chi connectivity index (χ2n) is 2.87. The van der Waals surface area contributed by atoms with Gasteiger partial charge in [-0.05, 0) is 30.0 Å². The van der Waals surface area contributed by atoms with Crippen molar-refractivity contribution in [3.05, 3.63) is 17.5 Å². The van der Waals surface area contributed by atoms with Crippen molar-refractivity contribution in [3.8, 4) is 0 Å². The van der Waals surface area contributed by atoms with Crippen molar-refractivity contribution >= 4 is 16.3 Å². The summed E-state index contributed by atoms with van der Waals surface area (Å²) in [5.74, 6) is 0.604. The van der Waals surface area contributed by atoms with Gasteiger partial charge in [-0.3, -0.25) is 0 Å². The minimum atomic E-state index is 0.604. The molecule has 1 rings (SSSR count). The van der Waals surface area contributed by atoms with Gasteiger partial charge < -0.3 is 11.1 Å². The highest BCUT2D eigenvalue weighted by Crippen LogP contribution is 2.15. The van der Waals surface area contributed by atoms with E-state index in [1.165, 1.54) is 5.00 Å². The predicted molar refractivity (Wildman–Crippen MR) is 55.6 cm³/mol. The Kier molecular flexibility index (Phi) is 4.11. The summed E-state index contributed by atoms with van der Waals surface area (Å²) >= 11 is 1.73. The van der Waals surface area contributed by atoms with Crippen LogP contribution in [0.25, 0.3) is 0 Å². The van der Waals surface area contributed by atoms with Gasteiger partial charge in [0, 0.05) is 6.54 Å². The van der Waals surface area contributed by atoms with Crippen LogP contribution in [-0.2, 0) is 0 Å². The molecule has 12 heavy (non-hydrogen) atoms. The monoisotopic (exact) mass is 184 g/mol. The van der Waals surface area contributed by atoms with Crippen LogP contribution in [0.2, 0.25) is 0 Å². The molecule has 1 unspecified atom stereocenters. The fraction of sp³-hybridized carbons (Fsp3) is 0.556. The highest BCUT2D eigenvalue weighted by atomic mass is 32.1. The molecule has 1 aromatic heterocycles. The van der Waals surface area contributed by atoms with Crippen molar-refractivity contribution < 1.29 is 0 Å². The highest BCUT2D eigenvalue weighted by Gasteiger charge is 2.02. The van der Waals surface area contributed by atoms with Crippen LogP contribution in [0.5, 0.6) is 0 Å². The minimum Gasteiger partial charge on any atom is -0.377 e. The minimum absolute atomic E-state index is 0.604. The zero-order chi connectivity index (χ0) is 8.81. The van der Waals surface area contributed by atoms with Crippen LogP contribution in [0.4, 0.5) is 5.00 Å². The molecule has 0 radical (unpaired) electrons. The average molecular weight is 184 g/mol. The maximum atomic E-state index is 5.59. The van der Waals surface area contributed by atoms with Crippen molar-refractivity contribution in [1.29, 1.82) is 0 Å². The van der Waals surface area contributed by atoms with E-state index in [1.54, 1.807) is 11.3 Å². The van der Waals surface area contributed by atoms with Gasteiger partial charge in [0.1, 0.15) is 0 Å². The van der Waals surface area contributed by atoms with Crippen molar-refractivity contribution in [3.63, 3.8) is 0 Å². The third kappa shape index (κ3) is 2.83. The Morgan fingerprint density at radius 2 is 2.50 bits per heavy atom. The standard InChI is InChI=1S/C9H16N2S/c1-2-8(6-10)7-11-9-4-3-5-12-9/h3-5,8,11H,2,6-7,10H2,1H3. The van der Waals surface area contributed by atoms with Crippen molar-refractivity contribution in [2.45, 2.75) is 13.3 Å². The molecule has 0 aromatic carbocycles. The summed E-state index contributed by atoms with van der Waals surface area (Å²) in [6.45, 7) is 3.94. The van der Waals surface area contributed by atoms with E-state index in [0.717, 1.165) is 19.5 Å². The predicted octanol–water partition coefficient (Wildman–Crippen LogP) is 2.14. The lowest BCUT2D eigenvalue weighted by Crippen LogP contribution is -2.21. The fourth-order valence-corrected chi connectivity index (χ4v) is 1.65. The molecule has 0 aliphatic carbocycles. The van der Waals surface area contributed by atoms with E-state index >= 15 is 0 Å². The first-order valence-corrected chi connectivity index (χ1v) is 5.22. The summed E-state index contributed by atoms with van der Waals surface area (Å²) in [5, 5.41) is 6.68. The molecule has 0 saturated heterocycles. The van der Waals surface area contributed by atoms with Crippen molar-refractivity contribution in [1.82, 2.24) is 0 Å². The maximum Gasteiger partial charge on any atom is 0.0882 e. The topological polar surface area (TPSA) is 38.0 Å². The number of nitrogens with two attached hydrogens (primary N) is 1. The summed E-state index contributed by atoms with van der Waals surface area (Å²) in [6, 6.07) is 4.14. The molecule has 0 spiro atoms. The summed E-state index contributed by atoms with van der Waals surface area (Å²) in [4.78, 5) is 0. The van der Waals surface area contributed by atoms with Gasteiger partial charge in [-0.1, -0.05) is 13.3 Å². The van der Waals surface area contributed by atoms with Gasteiger partial charge in [-0.2, -0.15) is 0 Å². The van der Waals surface area contributed by atoms with Gasteiger partial charge >= 0.3 is 0 Å². The van der Waals surface area contributed by atoms with E-state index in [-0.39, 0.29) is 0 Å². The van der Waals surface area contributed by atoms with Gasteiger partial charge in [0.15, 0.2) is 0 Å². The first-order chi connectivity index (χ1) is 5.86. The molecule has 0 aliphatic heterocycles. The molecular formula is C9H16N2S. The molecule has 2 nitrogen and oxygen atoms in total. The largest absolute Gasteiger partial charge is 0.377 e. The van der Waals surface area contributed by atoms with Crippen LogP contribution in [0.15, 0.2) is 17.5 Å². The number of rotatable bonds is 5. The van der Waals surface area contributed by atoms with Crippen LogP contribution >= 0.6 is 11.3 Å². The number of anilines is 1. The Morgan fingerprint density at radius 1 is 1.67 bits per heavy atom. The molecule has 1 heterocycles. The van der Waals surface area contributed by atoms with E-state index in [1.807, 2.05) is 0 Å². The summed E-state index contributed by atoms with van der Waals surface area (Å²) in [6.07, 6.45) is 1.15. The molecule has 0 fully saturated rings. The van der Waals surface area contributed by atoms with Crippen molar-refractivity contribution in [2.75, 3.05) is 18.4 Å². The van der Waals surface area contributed by atoms with E-state index in [9.17, 15) is 0 Å². The highest BCUT2D eigenvalue weighted by molar-refractivity contribution is 7.14. The van der Waals surface area contributed by atoms with Crippen LogP contribution in [0, 0.1) is 5.92 Å². The smallest absolute Gasteiger partial charge is 0.0882 e. The average Bonchev–Trinajstić information content (AvgIpc) is 2.59. The van der Waals surface area contributed by atoms with Crippen molar-refractivity contribution in [2.24, 2.45) is 11.7 Å². The van der Waals surface area contributed by atoms with E-state index in [2.05, 4.69) is 29.8 Å². The molecule has 1 atom stereocenters. The van der Waals surface area contributed by atoms with Crippen LogP contribution in [0.3, 0.4) is 0 Å². The molecular weight excluding hydrogens is 168 g/mol. The van der Waals surface area contributed by atoms with Crippen LogP contribution in [0.1, 0.15) is 13.3 Å². The normalized spacial score (nSPS) is 12.8. The zero-order valence-corrected chi connectivity index (χ0v) is 8.23. The zero-order valence-electron chi connectivity index (χ0n) is 7.42. The second-order valence-corrected chi connectivity index (χ2v) is 3.82. The molecule has 0 aliphatic rings. The summed E-state index contributed by atoms with van der Waals surface area (Å²) < 4.78 is 0. The third-order valence-electron chi connectivity index (χ3n) is 2.00. The number of hydrogen-bond donors (Lipinski definition) is 2. The van der Waals surface area contributed by atoms with E-state index < -0.39 is 0 Å². The van der Waals surface area contributed by atoms with Crippen LogP contribution in [-0.4, -0.2) is 13.1 Å². The lowest BCUT2D eigenvalue weighted by atomic mass is 10.1. The molecule has 3 N–H and O–H groups in total. The quantitative estimate of drug-likeness (QED) is 0.736. The Labute approximate surface area is 77.8 Å². The molecule has 1 aromatic rings. The first kappa shape index (κ1) is 9.55. The Morgan fingerprint density at radius 3 is 3.00 bits per heavy atom. The first-order valence-electron chi connectivity index (χ1n) is 4.34. The Hall–Kier alpha value is -0.540. The lowest BCUT2D eigenvalue weighted by Gasteiger charge is -2.12. The molecule has 0 amide bonds. The SMILES string of the molecule is CCC(CN)CNc1cccs1. The molecule has 0 bridgehead atoms. The summed E-state index contributed by atoms with van der Waals surface area (Å²) in [5.41, 5.74) is 5.59. The number of thiophene rings is 1. The summed E-state index contributed by atoms with van der Waals surface area (Å²) in [7, 11) is 0. The maximum absolute atomic E-state index is 5.59.